The highest BCUT2D eigenvalue weighted by atomic mass is 19.4. The molecule has 0 saturated heterocycles. The summed E-state index contributed by atoms with van der Waals surface area (Å²) in [5, 5.41) is 10.6. The molecule has 1 aromatic heterocycles. The van der Waals surface area contributed by atoms with Gasteiger partial charge in [-0.25, -0.2) is 0 Å². The second-order valence-electron chi connectivity index (χ2n) is 4.97. The lowest BCUT2D eigenvalue weighted by atomic mass is 10.3. The Hall–Kier alpha value is -1.31. The first-order valence-electron chi connectivity index (χ1n) is 6.24. The summed E-state index contributed by atoms with van der Waals surface area (Å²) in [4.78, 5) is 1.05. The van der Waals surface area contributed by atoms with Crippen molar-refractivity contribution in [2.75, 3.05) is 11.4 Å². The Morgan fingerprint density at radius 2 is 2.05 bits per heavy atom. The molecule has 1 aliphatic rings. The van der Waals surface area contributed by atoms with Crippen molar-refractivity contribution in [3.05, 3.63) is 5.89 Å². The molecule has 1 aliphatic carbocycles. The van der Waals surface area contributed by atoms with Crippen molar-refractivity contribution >= 4 is 6.01 Å². The third-order valence-corrected chi connectivity index (χ3v) is 2.79. The van der Waals surface area contributed by atoms with Gasteiger partial charge in [0.15, 0.2) is 0 Å². The van der Waals surface area contributed by atoms with E-state index in [9.17, 15) is 13.2 Å². The number of halogens is 3. The van der Waals surface area contributed by atoms with Crippen LogP contribution in [0.2, 0.25) is 0 Å². The van der Waals surface area contributed by atoms with E-state index in [1.807, 2.05) is 0 Å². The molecule has 5 nitrogen and oxygen atoms in total. The van der Waals surface area contributed by atoms with Crippen LogP contribution in [0.25, 0.3) is 0 Å². The molecular weight excluding hydrogens is 261 g/mol. The van der Waals surface area contributed by atoms with Crippen molar-refractivity contribution < 1.29 is 17.6 Å². The molecule has 108 valence electrons. The zero-order valence-electron chi connectivity index (χ0n) is 10.9. The van der Waals surface area contributed by atoms with Crippen LogP contribution in [0.1, 0.15) is 32.6 Å². The zero-order chi connectivity index (χ0) is 14.0. The number of rotatable bonds is 6. The molecule has 1 N–H and O–H groups in total. The van der Waals surface area contributed by atoms with Crippen molar-refractivity contribution in [3.8, 4) is 0 Å². The molecule has 0 unspecified atom stereocenters. The van der Waals surface area contributed by atoms with Gasteiger partial charge in [-0.1, -0.05) is 5.10 Å². The minimum Gasteiger partial charge on any atom is -0.407 e. The van der Waals surface area contributed by atoms with E-state index in [4.69, 9.17) is 4.42 Å². The maximum Gasteiger partial charge on any atom is 0.406 e. The smallest absolute Gasteiger partial charge is 0.406 e. The number of hydrogen-bond acceptors (Lipinski definition) is 5. The topological polar surface area (TPSA) is 54.2 Å². The Morgan fingerprint density at radius 1 is 1.37 bits per heavy atom. The summed E-state index contributed by atoms with van der Waals surface area (Å²) >= 11 is 0. The van der Waals surface area contributed by atoms with Crippen LogP contribution in [0.3, 0.4) is 0 Å². The molecule has 0 aromatic carbocycles. The van der Waals surface area contributed by atoms with Crippen LogP contribution in [0.15, 0.2) is 4.42 Å². The van der Waals surface area contributed by atoms with E-state index in [2.05, 4.69) is 15.5 Å². The van der Waals surface area contributed by atoms with Crippen LogP contribution < -0.4 is 10.2 Å². The molecule has 0 radical (unpaired) electrons. The highest BCUT2D eigenvalue weighted by Gasteiger charge is 2.34. The maximum atomic E-state index is 12.5. The molecule has 0 bridgehead atoms. The zero-order valence-corrected chi connectivity index (χ0v) is 10.9. The van der Waals surface area contributed by atoms with Crippen LogP contribution in [-0.2, 0) is 6.54 Å². The summed E-state index contributed by atoms with van der Waals surface area (Å²) in [7, 11) is 0. The van der Waals surface area contributed by atoms with Gasteiger partial charge >= 0.3 is 12.2 Å². The second kappa shape index (κ2) is 5.36. The number of hydrogen-bond donors (Lipinski definition) is 1. The van der Waals surface area contributed by atoms with Crippen LogP contribution >= 0.6 is 0 Å². The summed E-state index contributed by atoms with van der Waals surface area (Å²) < 4.78 is 42.7. The number of nitrogens with one attached hydrogen (secondary N) is 1. The molecule has 0 atom stereocenters. The van der Waals surface area contributed by atoms with Crippen molar-refractivity contribution in [3.63, 3.8) is 0 Å². The summed E-state index contributed by atoms with van der Waals surface area (Å²) in [5.41, 5.74) is 0. The third-order valence-electron chi connectivity index (χ3n) is 2.79. The van der Waals surface area contributed by atoms with E-state index < -0.39 is 12.7 Å². The molecule has 0 spiro atoms. The van der Waals surface area contributed by atoms with Crippen LogP contribution in [0.5, 0.6) is 0 Å². The van der Waals surface area contributed by atoms with Gasteiger partial charge in [0.05, 0.1) is 6.54 Å². The molecule has 19 heavy (non-hydrogen) atoms. The SMILES string of the molecule is CC(C)N(CC(F)(F)F)c1nnc(CNC2CC2)o1. The summed E-state index contributed by atoms with van der Waals surface area (Å²) in [6.45, 7) is 2.61. The minimum absolute atomic E-state index is 0.0834. The second-order valence-corrected chi connectivity index (χ2v) is 4.97. The standard InChI is InChI=1S/C11H17F3N4O/c1-7(2)18(6-11(12,13)14)10-17-16-9(19-10)5-15-8-3-4-8/h7-8,15H,3-6H2,1-2H3. The highest BCUT2D eigenvalue weighted by Crippen LogP contribution is 2.24. The third kappa shape index (κ3) is 4.38. The Labute approximate surface area is 109 Å². The van der Waals surface area contributed by atoms with Gasteiger partial charge in [0.1, 0.15) is 6.54 Å². The van der Waals surface area contributed by atoms with Crippen molar-refractivity contribution in [2.24, 2.45) is 0 Å². The quantitative estimate of drug-likeness (QED) is 0.863. The molecule has 1 aromatic rings. The van der Waals surface area contributed by atoms with E-state index >= 15 is 0 Å². The average molecular weight is 278 g/mol. The van der Waals surface area contributed by atoms with E-state index in [1.165, 1.54) is 0 Å². The number of alkyl halides is 3. The fourth-order valence-corrected chi connectivity index (χ4v) is 1.62. The minimum atomic E-state index is -4.30. The average Bonchev–Trinajstić information content (AvgIpc) is 3.00. The molecular formula is C11H17F3N4O. The molecule has 0 aliphatic heterocycles. The van der Waals surface area contributed by atoms with Crippen molar-refractivity contribution in [1.29, 1.82) is 0 Å². The lowest BCUT2D eigenvalue weighted by molar-refractivity contribution is -0.121. The van der Waals surface area contributed by atoms with Gasteiger partial charge < -0.3 is 14.6 Å². The van der Waals surface area contributed by atoms with E-state index in [1.54, 1.807) is 13.8 Å². The fourth-order valence-electron chi connectivity index (χ4n) is 1.62. The lowest BCUT2D eigenvalue weighted by Gasteiger charge is -2.25. The van der Waals surface area contributed by atoms with Crippen molar-refractivity contribution in [2.45, 2.75) is 51.5 Å². The van der Waals surface area contributed by atoms with Gasteiger partial charge in [0, 0.05) is 12.1 Å². The monoisotopic (exact) mass is 278 g/mol. The number of nitrogens with zero attached hydrogens (tertiary/aromatic N) is 3. The first-order valence-corrected chi connectivity index (χ1v) is 6.24. The van der Waals surface area contributed by atoms with Gasteiger partial charge in [-0.05, 0) is 26.7 Å². The summed E-state index contributed by atoms with van der Waals surface area (Å²) in [5.74, 6) is 0.315. The number of anilines is 1. The van der Waals surface area contributed by atoms with Gasteiger partial charge in [0.25, 0.3) is 0 Å². The molecule has 1 fully saturated rings. The van der Waals surface area contributed by atoms with E-state index in [0.29, 0.717) is 18.5 Å². The van der Waals surface area contributed by atoms with Gasteiger partial charge in [-0.15, -0.1) is 5.10 Å². The van der Waals surface area contributed by atoms with Gasteiger partial charge in [-0.2, -0.15) is 13.2 Å². The van der Waals surface area contributed by atoms with Crippen LogP contribution in [-0.4, -0.2) is 35.0 Å². The molecule has 1 saturated carbocycles. The van der Waals surface area contributed by atoms with Crippen LogP contribution in [0.4, 0.5) is 19.2 Å². The first-order chi connectivity index (χ1) is 8.85. The summed E-state index contributed by atoms with van der Waals surface area (Å²) in [6.07, 6.45) is -2.06. The number of aromatic nitrogens is 2. The normalized spacial score (nSPS) is 16.1. The van der Waals surface area contributed by atoms with Gasteiger partial charge in [0.2, 0.25) is 5.89 Å². The van der Waals surface area contributed by atoms with Crippen molar-refractivity contribution in [1.82, 2.24) is 15.5 Å². The predicted molar refractivity (Wildman–Crippen MR) is 62.7 cm³/mol. The molecule has 2 rings (SSSR count). The van der Waals surface area contributed by atoms with E-state index in [-0.39, 0.29) is 12.1 Å². The Morgan fingerprint density at radius 3 is 2.58 bits per heavy atom. The molecule has 8 heteroatoms. The Kier molecular flexibility index (Phi) is 3.98. The molecule has 1 heterocycles. The first kappa shape index (κ1) is 14.1. The van der Waals surface area contributed by atoms with Gasteiger partial charge in [-0.3, -0.25) is 0 Å². The Balaban J connectivity index is 1.99. The van der Waals surface area contributed by atoms with E-state index in [0.717, 1.165) is 17.7 Å². The Bertz CT molecular complexity index is 414. The largest absolute Gasteiger partial charge is 0.407 e. The predicted octanol–water partition coefficient (Wildman–Crippen LogP) is 2.10. The fraction of sp³-hybridized carbons (Fsp3) is 0.818. The lowest BCUT2D eigenvalue weighted by Crippen LogP contribution is -2.39. The maximum absolute atomic E-state index is 12.5. The molecule has 0 amide bonds. The highest BCUT2D eigenvalue weighted by molar-refractivity contribution is 5.26. The summed E-state index contributed by atoms with van der Waals surface area (Å²) in [6, 6.07) is 0.0259. The van der Waals surface area contributed by atoms with Crippen LogP contribution in [0, 0.1) is 0 Å².